The summed E-state index contributed by atoms with van der Waals surface area (Å²) in [6, 6.07) is 10.6. The smallest absolute Gasteiger partial charge is 0.312 e. The third-order valence-electron chi connectivity index (χ3n) is 3.17. The highest BCUT2D eigenvalue weighted by molar-refractivity contribution is 6.30. The summed E-state index contributed by atoms with van der Waals surface area (Å²) in [4.78, 5) is 22.8. The maximum Gasteiger partial charge on any atom is 0.312 e. The number of halogens is 1. The van der Waals surface area contributed by atoms with Crippen molar-refractivity contribution < 1.29 is 19.2 Å². The van der Waals surface area contributed by atoms with E-state index in [0.29, 0.717) is 11.3 Å². The molecule has 0 N–H and O–H groups in total. The first-order valence-corrected chi connectivity index (χ1v) is 7.09. The maximum absolute atomic E-state index is 12.3. The van der Waals surface area contributed by atoms with Crippen LogP contribution in [0.5, 0.6) is 11.5 Å². The van der Waals surface area contributed by atoms with E-state index in [4.69, 9.17) is 21.1 Å². The van der Waals surface area contributed by atoms with Crippen LogP contribution in [0.25, 0.3) is 0 Å². The van der Waals surface area contributed by atoms with Crippen molar-refractivity contribution in [3.8, 4) is 11.5 Å². The van der Waals surface area contributed by atoms with Gasteiger partial charge in [-0.15, -0.1) is 0 Å². The Labute approximate surface area is 137 Å². The molecule has 0 aliphatic rings. The van der Waals surface area contributed by atoms with E-state index in [1.165, 1.54) is 32.2 Å². The summed E-state index contributed by atoms with van der Waals surface area (Å²) < 4.78 is 10.5. The molecule has 0 aromatic heterocycles. The molecule has 0 saturated carbocycles. The molecule has 0 fully saturated rings. The van der Waals surface area contributed by atoms with Gasteiger partial charge in [-0.2, -0.15) is 0 Å². The molecule has 0 unspecified atom stereocenters. The fourth-order valence-electron chi connectivity index (χ4n) is 1.97. The van der Waals surface area contributed by atoms with Gasteiger partial charge in [0.05, 0.1) is 12.0 Å². The van der Waals surface area contributed by atoms with Gasteiger partial charge in [-0.25, -0.2) is 0 Å². The van der Waals surface area contributed by atoms with Crippen LogP contribution in [0.15, 0.2) is 42.5 Å². The van der Waals surface area contributed by atoms with E-state index in [9.17, 15) is 14.9 Å². The summed E-state index contributed by atoms with van der Waals surface area (Å²) in [6.07, 6.45) is -0.886. The molecular weight excluding hydrogens is 322 g/mol. The zero-order valence-electron chi connectivity index (χ0n) is 12.5. The number of ketones is 1. The Morgan fingerprint density at radius 2 is 1.87 bits per heavy atom. The zero-order valence-corrected chi connectivity index (χ0v) is 13.2. The van der Waals surface area contributed by atoms with Gasteiger partial charge < -0.3 is 9.47 Å². The molecule has 120 valence electrons. The van der Waals surface area contributed by atoms with E-state index in [0.717, 1.165) is 0 Å². The summed E-state index contributed by atoms with van der Waals surface area (Å²) in [7, 11) is 1.53. The fraction of sp³-hybridized carbons (Fsp3) is 0.188. The Kier molecular flexibility index (Phi) is 5.18. The standard InChI is InChI=1S/C16H14ClNO5/c1-10(16(19)11-3-6-13(22-2)7-4-11)23-15-8-5-12(17)9-14(15)18(20)21/h3-10H,1-2H3/t10-/m0/s1. The molecule has 2 rings (SSSR count). The molecular formula is C16H14ClNO5. The first-order valence-electron chi connectivity index (χ1n) is 6.71. The van der Waals surface area contributed by atoms with Crippen LogP contribution in [0.4, 0.5) is 5.69 Å². The number of Topliss-reactive ketones (excluding diaryl/α,β-unsaturated/α-hetero) is 1. The monoisotopic (exact) mass is 335 g/mol. The highest BCUT2D eigenvalue weighted by Gasteiger charge is 2.22. The van der Waals surface area contributed by atoms with Gasteiger partial charge in [-0.3, -0.25) is 14.9 Å². The Morgan fingerprint density at radius 3 is 2.43 bits per heavy atom. The lowest BCUT2D eigenvalue weighted by atomic mass is 10.1. The van der Waals surface area contributed by atoms with Crippen LogP contribution in [-0.2, 0) is 0 Å². The predicted molar refractivity (Wildman–Crippen MR) is 85.5 cm³/mol. The Morgan fingerprint density at radius 1 is 1.22 bits per heavy atom. The van der Waals surface area contributed by atoms with Gasteiger partial charge in [0, 0.05) is 16.7 Å². The molecule has 0 heterocycles. The largest absolute Gasteiger partial charge is 0.497 e. The molecule has 2 aromatic rings. The summed E-state index contributed by atoms with van der Waals surface area (Å²) in [6.45, 7) is 1.53. The molecule has 0 spiro atoms. The van der Waals surface area contributed by atoms with Crippen LogP contribution >= 0.6 is 11.6 Å². The Balaban J connectivity index is 2.19. The Bertz CT molecular complexity index is 730. The highest BCUT2D eigenvalue weighted by atomic mass is 35.5. The molecule has 6 nitrogen and oxygen atoms in total. The van der Waals surface area contributed by atoms with Gasteiger partial charge in [0.15, 0.2) is 11.9 Å². The summed E-state index contributed by atoms with van der Waals surface area (Å²) in [5.41, 5.74) is 0.141. The molecule has 7 heteroatoms. The number of methoxy groups -OCH3 is 1. The van der Waals surface area contributed by atoms with Gasteiger partial charge in [0.2, 0.25) is 5.78 Å². The van der Waals surface area contributed by atoms with Crippen molar-refractivity contribution in [2.75, 3.05) is 7.11 Å². The van der Waals surface area contributed by atoms with Gasteiger partial charge in [-0.1, -0.05) is 11.6 Å². The first-order chi connectivity index (χ1) is 10.9. The third-order valence-corrected chi connectivity index (χ3v) is 3.40. The van der Waals surface area contributed by atoms with Gasteiger partial charge in [0.1, 0.15) is 5.75 Å². The van der Waals surface area contributed by atoms with Crippen LogP contribution in [0.2, 0.25) is 5.02 Å². The average molecular weight is 336 g/mol. The Hall–Kier alpha value is -2.60. The number of carbonyl (C=O) groups excluding carboxylic acids is 1. The number of nitro groups is 1. The number of hydrogen-bond donors (Lipinski definition) is 0. The summed E-state index contributed by atoms with van der Waals surface area (Å²) in [5.74, 6) is 0.328. The number of benzene rings is 2. The SMILES string of the molecule is COc1ccc(C(=O)[C@H](C)Oc2ccc(Cl)cc2[N+](=O)[O-])cc1. The van der Waals surface area contributed by atoms with Crippen LogP contribution in [0.1, 0.15) is 17.3 Å². The minimum Gasteiger partial charge on any atom is -0.497 e. The minimum atomic E-state index is -0.886. The van der Waals surface area contributed by atoms with E-state index in [2.05, 4.69) is 0 Å². The molecule has 1 atom stereocenters. The number of hydrogen-bond acceptors (Lipinski definition) is 5. The molecule has 0 amide bonds. The number of carbonyl (C=O) groups is 1. The second kappa shape index (κ2) is 7.11. The normalized spacial score (nSPS) is 11.6. The van der Waals surface area contributed by atoms with Gasteiger partial charge in [-0.05, 0) is 43.3 Å². The number of rotatable bonds is 6. The highest BCUT2D eigenvalue weighted by Crippen LogP contribution is 2.31. The minimum absolute atomic E-state index is 0.00578. The number of nitro benzene ring substituents is 1. The molecule has 0 aliphatic carbocycles. The predicted octanol–water partition coefficient (Wildman–Crippen LogP) is 3.91. The lowest BCUT2D eigenvalue weighted by molar-refractivity contribution is -0.386. The van der Waals surface area contributed by atoms with Crippen molar-refractivity contribution in [2.24, 2.45) is 0 Å². The molecule has 23 heavy (non-hydrogen) atoms. The second-order valence-electron chi connectivity index (χ2n) is 4.72. The van der Waals surface area contributed by atoms with Crippen LogP contribution in [0, 0.1) is 10.1 Å². The second-order valence-corrected chi connectivity index (χ2v) is 5.16. The summed E-state index contributed by atoms with van der Waals surface area (Å²) >= 11 is 5.75. The van der Waals surface area contributed by atoms with E-state index in [1.54, 1.807) is 24.3 Å². The van der Waals surface area contributed by atoms with Crippen LogP contribution in [-0.4, -0.2) is 23.9 Å². The molecule has 0 aliphatic heterocycles. The van der Waals surface area contributed by atoms with Crippen molar-refractivity contribution in [2.45, 2.75) is 13.0 Å². The van der Waals surface area contributed by atoms with Crippen LogP contribution < -0.4 is 9.47 Å². The average Bonchev–Trinajstić information content (AvgIpc) is 2.55. The molecule has 0 bridgehead atoms. The van der Waals surface area contributed by atoms with Crippen molar-refractivity contribution >= 4 is 23.1 Å². The molecule has 0 saturated heterocycles. The zero-order chi connectivity index (χ0) is 17.0. The topological polar surface area (TPSA) is 78.7 Å². The maximum atomic E-state index is 12.3. The van der Waals surface area contributed by atoms with Crippen molar-refractivity contribution in [1.29, 1.82) is 0 Å². The van der Waals surface area contributed by atoms with Gasteiger partial charge in [0.25, 0.3) is 0 Å². The van der Waals surface area contributed by atoms with Crippen molar-refractivity contribution in [3.05, 3.63) is 63.2 Å². The fourth-order valence-corrected chi connectivity index (χ4v) is 2.13. The van der Waals surface area contributed by atoms with Crippen LogP contribution in [0.3, 0.4) is 0 Å². The van der Waals surface area contributed by atoms with Crippen molar-refractivity contribution in [1.82, 2.24) is 0 Å². The summed E-state index contributed by atoms with van der Waals surface area (Å²) in [5, 5.41) is 11.3. The van der Waals surface area contributed by atoms with E-state index in [-0.39, 0.29) is 22.2 Å². The third kappa shape index (κ3) is 3.98. The molecule has 2 aromatic carbocycles. The van der Waals surface area contributed by atoms with E-state index >= 15 is 0 Å². The van der Waals surface area contributed by atoms with Gasteiger partial charge >= 0.3 is 5.69 Å². The lowest BCUT2D eigenvalue weighted by Crippen LogP contribution is -2.24. The van der Waals surface area contributed by atoms with E-state index < -0.39 is 11.0 Å². The van der Waals surface area contributed by atoms with Crippen molar-refractivity contribution in [3.63, 3.8) is 0 Å². The number of ether oxygens (including phenoxy) is 2. The first kappa shape index (κ1) is 16.8. The van der Waals surface area contributed by atoms with E-state index in [1.807, 2.05) is 0 Å². The number of nitrogens with zero attached hydrogens (tertiary/aromatic N) is 1. The lowest BCUT2D eigenvalue weighted by Gasteiger charge is -2.14. The quantitative estimate of drug-likeness (QED) is 0.454. The molecule has 0 radical (unpaired) electrons.